The Morgan fingerprint density at radius 1 is 0.733 bits per heavy atom. The molecule has 1 aromatic heterocycles. The number of benzene rings is 2. The minimum atomic E-state index is 0.0969. The quantitative estimate of drug-likeness (QED) is 0.411. The van der Waals surface area contributed by atoms with Crippen LogP contribution in [0, 0.1) is 0 Å². The van der Waals surface area contributed by atoms with Crippen molar-refractivity contribution in [2.75, 3.05) is 20.5 Å². The highest BCUT2D eigenvalue weighted by atomic mass is 32.2. The van der Waals surface area contributed by atoms with Crippen LogP contribution in [0.4, 0.5) is 0 Å². The largest absolute Gasteiger partial charge is 0.504 e. The molecule has 1 heterocycles. The summed E-state index contributed by atoms with van der Waals surface area (Å²) in [6.45, 7) is 0. The number of hydrogen-bond acceptors (Lipinski definition) is 7. The van der Waals surface area contributed by atoms with Gasteiger partial charge in [-0.25, -0.2) is 9.97 Å². The molecule has 2 N–H and O–H groups in total. The monoisotopic (exact) mass is 422 g/mol. The molecule has 0 aliphatic carbocycles. The van der Waals surface area contributed by atoms with Crippen LogP contribution in [0.1, 0.15) is 22.5 Å². The Morgan fingerprint density at radius 2 is 1.20 bits per heavy atom. The number of methoxy groups -OCH3 is 2. The van der Waals surface area contributed by atoms with E-state index in [0.717, 1.165) is 22.5 Å². The number of hydrogen-bond donors (Lipinski definition) is 2. The summed E-state index contributed by atoms with van der Waals surface area (Å²) >= 11 is 1.46. The van der Waals surface area contributed by atoms with E-state index in [0.29, 0.717) is 16.7 Å². The van der Waals surface area contributed by atoms with Gasteiger partial charge in [-0.05, 0) is 59.9 Å². The Morgan fingerprint density at radius 3 is 1.60 bits per heavy atom. The number of ether oxygens (including phenoxy) is 2. The van der Waals surface area contributed by atoms with Crippen LogP contribution in [0.2, 0.25) is 0 Å². The fourth-order valence-electron chi connectivity index (χ4n) is 2.68. The molecule has 6 nitrogen and oxygen atoms in total. The molecule has 0 unspecified atom stereocenters. The molecule has 0 bridgehead atoms. The average molecular weight is 423 g/mol. The molecular formula is C23H22N2O4S. The summed E-state index contributed by atoms with van der Waals surface area (Å²) in [7, 11) is 3.03. The van der Waals surface area contributed by atoms with Crippen LogP contribution in [0.15, 0.2) is 47.6 Å². The maximum absolute atomic E-state index is 9.72. The predicted octanol–water partition coefficient (Wildman–Crippen LogP) is 4.97. The van der Waals surface area contributed by atoms with E-state index in [4.69, 9.17) is 9.47 Å². The molecule has 7 heteroatoms. The van der Waals surface area contributed by atoms with Gasteiger partial charge in [-0.2, -0.15) is 0 Å². The van der Waals surface area contributed by atoms with E-state index in [9.17, 15) is 10.2 Å². The lowest BCUT2D eigenvalue weighted by Gasteiger charge is -2.05. The van der Waals surface area contributed by atoms with Crippen molar-refractivity contribution >= 4 is 36.1 Å². The molecule has 2 aromatic carbocycles. The Bertz CT molecular complexity index is 1010. The van der Waals surface area contributed by atoms with E-state index in [1.54, 1.807) is 36.4 Å². The lowest BCUT2D eigenvalue weighted by Crippen LogP contribution is -1.92. The number of thioether (sulfide) groups is 1. The molecule has 0 spiro atoms. The molecule has 0 amide bonds. The molecule has 0 aliphatic rings. The van der Waals surface area contributed by atoms with Crippen molar-refractivity contribution in [2.24, 2.45) is 0 Å². The summed E-state index contributed by atoms with van der Waals surface area (Å²) in [5, 5.41) is 20.1. The lowest BCUT2D eigenvalue weighted by molar-refractivity contribution is 0.373. The number of aromatic nitrogens is 2. The SMILES string of the molecule is COc1cc(/C=C/c2cc(/C=C/c3ccc(O)c(OC)c3)nc(SC)n2)ccc1O. The summed E-state index contributed by atoms with van der Waals surface area (Å²) in [6, 6.07) is 12.1. The van der Waals surface area contributed by atoms with Crippen LogP contribution < -0.4 is 9.47 Å². The van der Waals surface area contributed by atoms with Gasteiger partial charge in [0.2, 0.25) is 0 Å². The Kier molecular flexibility index (Phi) is 6.98. The van der Waals surface area contributed by atoms with Gasteiger partial charge >= 0.3 is 0 Å². The first-order valence-electron chi connectivity index (χ1n) is 9.05. The third kappa shape index (κ3) is 5.33. The number of nitrogens with zero attached hydrogens (tertiary/aromatic N) is 2. The predicted molar refractivity (Wildman–Crippen MR) is 121 cm³/mol. The van der Waals surface area contributed by atoms with Gasteiger partial charge < -0.3 is 19.7 Å². The summed E-state index contributed by atoms with van der Waals surface area (Å²) in [6.07, 6.45) is 9.48. The average Bonchev–Trinajstić information content (AvgIpc) is 2.77. The first-order valence-corrected chi connectivity index (χ1v) is 10.3. The maximum atomic E-state index is 9.72. The molecular weight excluding hydrogens is 400 g/mol. The highest BCUT2D eigenvalue weighted by Crippen LogP contribution is 2.28. The lowest BCUT2D eigenvalue weighted by atomic mass is 10.1. The molecule has 154 valence electrons. The van der Waals surface area contributed by atoms with Crippen LogP contribution >= 0.6 is 11.8 Å². The summed E-state index contributed by atoms with van der Waals surface area (Å²) < 4.78 is 10.3. The second-order valence-electron chi connectivity index (χ2n) is 6.23. The zero-order valence-electron chi connectivity index (χ0n) is 16.9. The Hall–Kier alpha value is -3.45. The first-order chi connectivity index (χ1) is 14.5. The van der Waals surface area contributed by atoms with Crippen molar-refractivity contribution < 1.29 is 19.7 Å². The van der Waals surface area contributed by atoms with E-state index in [1.165, 1.54) is 26.0 Å². The van der Waals surface area contributed by atoms with Crippen molar-refractivity contribution in [2.45, 2.75) is 5.16 Å². The molecule has 0 aliphatic heterocycles. The van der Waals surface area contributed by atoms with Gasteiger partial charge in [0.15, 0.2) is 28.2 Å². The smallest absolute Gasteiger partial charge is 0.188 e. The summed E-state index contributed by atoms with van der Waals surface area (Å²) in [5.74, 6) is 1.02. The molecule has 0 saturated carbocycles. The van der Waals surface area contributed by atoms with Crippen molar-refractivity contribution in [3.8, 4) is 23.0 Å². The Balaban J connectivity index is 1.86. The fourth-order valence-corrected chi connectivity index (χ4v) is 3.08. The third-order valence-corrected chi connectivity index (χ3v) is 4.78. The van der Waals surface area contributed by atoms with E-state index in [1.807, 2.05) is 36.6 Å². The summed E-state index contributed by atoms with van der Waals surface area (Å²) in [5.41, 5.74) is 3.26. The highest BCUT2D eigenvalue weighted by Gasteiger charge is 2.04. The van der Waals surface area contributed by atoms with Crippen molar-refractivity contribution in [3.63, 3.8) is 0 Å². The number of aromatic hydroxyl groups is 2. The fraction of sp³-hybridized carbons (Fsp3) is 0.130. The van der Waals surface area contributed by atoms with Crippen LogP contribution in [0.5, 0.6) is 23.0 Å². The third-order valence-electron chi connectivity index (χ3n) is 4.23. The number of phenolic OH excluding ortho intramolecular Hbond substituents is 2. The second-order valence-corrected chi connectivity index (χ2v) is 7.01. The molecule has 0 fully saturated rings. The van der Waals surface area contributed by atoms with Crippen LogP contribution in [0.3, 0.4) is 0 Å². The normalized spacial score (nSPS) is 11.3. The van der Waals surface area contributed by atoms with Gasteiger partial charge in [-0.3, -0.25) is 0 Å². The zero-order valence-corrected chi connectivity index (χ0v) is 17.7. The maximum Gasteiger partial charge on any atom is 0.188 e. The minimum absolute atomic E-state index is 0.0969. The molecule has 0 saturated heterocycles. The molecule has 0 radical (unpaired) electrons. The molecule has 30 heavy (non-hydrogen) atoms. The minimum Gasteiger partial charge on any atom is -0.504 e. The van der Waals surface area contributed by atoms with E-state index >= 15 is 0 Å². The van der Waals surface area contributed by atoms with E-state index in [2.05, 4.69) is 9.97 Å². The van der Waals surface area contributed by atoms with Gasteiger partial charge in [0.05, 0.1) is 25.6 Å². The standard InChI is InChI=1S/C23H22N2O4S/c1-28-21-12-15(6-10-19(21)26)4-8-17-14-18(25-23(24-17)30-3)9-5-16-7-11-20(27)22(13-16)29-2/h4-14,26-27H,1-3H3/b8-4+,9-5+. The van der Waals surface area contributed by atoms with Crippen LogP contribution in [-0.4, -0.2) is 40.7 Å². The van der Waals surface area contributed by atoms with Crippen molar-refractivity contribution in [1.29, 1.82) is 0 Å². The zero-order chi connectivity index (χ0) is 21.5. The highest BCUT2D eigenvalue weighted by molar-refractivity contribution is 7.98. The topological polar surface area (TPSA) is 84.7 Å². The van der Waals surface area contributed by atoms with Gasteiger partial charge in [0.25, 0.3) is 0 Å². The second kappa shape index (κ2) is 9.84. The van der Waals surface area contributed by atoms with Gasteiger partial charge in [0.1, 0.15) is 0 Å². The van der Waals surface area contributed by atoms with E-state index < -0.39 is 0 Å². The molecule has 3 aromatic rings. The van der Waals surface area contributed by atoms with Gasteiger partial charge in [-0.15, -0.1) is 0 Å². The molecule has 3 rings (SSSR count). The Labute approximate surface area is 179 Å². The van der Waals surface area contributed by atoms with Crippen LogP contribution in [0.25, 0.3) is 24.3 Å². The van der Waals surface area contributed by atoms with E-state index in [-0.39, 0.29) is 11.5 Å². The van der Waals surface area contributed by atoms with Crippen molar-refractivity contribution in [3.05, 3.63) is 65.0 Å². The van der Waals surface area contributed by atoms with Crippen molar-refractivity contribution in [1.82, 2.24) is 9.97 Å². The van der Waals surface area contributed by atoms with Gasteiger partial charge in [-0.1, -0.05) is 36.0 Å². The van der Waals surface area contributed by atoms with Gasteiger partial charge in [0, 0.05) is 0 Å². The molecule has 0 atom stereocenters. The number of phenols is 2. The summed E-state index contributed by atoms with van der Waals surface area (Å²) in [4.78, 5) is 9.04. The van der Waals surface area contributed by atoms with Crippen LogP contribution in [-0.2, 0) is 0 Å². The number of rotatable bonds is 7. The first kappa shape index (κ1) is 21.3.